The van der Waals surface area contributed by atoms with Crippen LogP contribution >= 0.6 is 15.9 Å². The summed E-state index contributed by atoms with van der Waals surface area (Å²) >= 11 is 3.21. The summed E-state index contributed by atoms with van der Waals surface area (Å²) in [5, 5.41) is 0. The molecule has 0 aromatic heterocycles. The molecule has 2 N–H and O–H groups in total. The third-order valence-corrected chi connectivity index (χ3v) is 3.12. The van der Waals surface area contributed by atoms with E-state index in [0.29, 0.717) is 21.5 Å². The summed E-state index contributed by atoms with van der Waals surface area (Å²) in [6.45, 7) is 2.07. The van der Waals surface area contributed by atoms with E-state index in [-0.39, 0.29) is 12.4 Å². The maximum absolute atomic E-state index is 13.6. The first-order valence-corrected chi connectivity index (χ1v) is 6.29. The number of anilines is 1. The molecule has 2 nitrogen and oxygen atoms in total. The van der Waals surface area contributed by atoms with Gasteiger partial charge in [0.1, 0.15) is 18.2 Å². The molecule has 0 spiro atoms. The molecule has 0 fully saturated rings. The average Bonchev–Trinajstić information content (AvgIpc) is 2.31. The fourth-order valence-electron chi connectivity index (χ4n) is 1.66. The first kappa shape index (κ1) is 12.9. The number of nitrogens with two attached hydrogens (primary N) is 1. The van der Waals surface area contributed by atoms with Crippen LogP contribution in [0.5, 0.6) is 5.75 Å². The van der Waals surface area contributed by atoms with Gasteiger partial charge in [-0.25, -0.2) is 4.39 Å². The fraction of sp³-hybridized carbons (Fsp3) is 0.143. The third-order valence-electron chi connectivity index (χ3n) is 2.63. The van der Waals surface area contributed by atoms with Crippen molar-refractivity contribution < 1.29 is 9.13 Å². The Bertz CT molecular complexity index is 551. The van der Waals surface area contributed by atoms with Crippen molar-refractivity contribution >= 4 is 21.6 Å². The second-order valence-electron chi connectivity index (χ2n) is 4.02. The molecule has 18 heavy (non-hydrogen) atoms. The van der Waals surface area contributed by atoms with Gasteiger partial charge >= 0.3 is 0 Å². The van der Waals surface area contributed by atoms with Crippen LogP contribution in [0.2, 0.25) is 0 Å². The van der Waals surface area contributed by atoms with Gasteiger partial charge < -0.3 is 10.5 Å². The largest absolute Gasteiger partial charge is 0.486 e. The molecule has 0 radical (unpaired) electrons. The molecule has 2 rings (SSSR count). The molecule has 0 bridgehead atoms. The van der Waals surface area contributed by atoms with Gasteiger partial charge in [0.2, 0.25) is 0 Å². The molecule has 4 heteroatoms. The summed E-state index contributed by atoms with van der Waals surface area (Å²) < 4.78 is 19.9. The van der Waals surface area contributed by atoms with Crippen LogP contribution in [0.4, 0.5) is 10.1 Å². The highest BCUT2D eigenvalue weighted by Crippen LogP contribution is 2.27. The van der Waals surface area contributed by atoms with Crippen molar-refractivity contribution in [2.24, 2.45) is 0 Å². The summed E-state index contributed by atoms with van der Waals surface area (Å²) in [6.07, 6.45) is 0. The Balaban J connectivity index is 2.16. The van der Waals surface area contributed by atoms with Crippen LogP contribution in [0.15, 0.2) is 40.9 Å². The summed E-state index contributed by atoms with van der Waals surface area (Å²) in [5.41, 5.74) is 7.82. The Kier molecular flexibility index (Phi) is 3.87. The number of halogens is 2. The van der Waals surface area contributed by atoms with Crippen molar-refractivity contribution in [3.63, 3.8) is 0 Å². The van der Waals surface area contributed by atoms with Crippen LogP contribution in [-0.2, 0) is 6.61 Å². The maximum Gasteiger partial charge on any atom is 0.145 e. The number of para-hydroxylation sites is 1. The lowest BCUT2D eigenvalue weighted by molar-refractivity contribution is 0.299. The van der Waals surface area contributed by atoms with Gasteiger partial charge in [0.25, 0.3) is 0 Å². The van der Waals surface area contributed by atoms with Gasteiger partial charge in [-0.05, 0) is 30.7 Å². The number of aryl methyl sites for hydroxylation is 1. The quantitative estimate of drug-likeness (QED) is 0.868. The smallest absolute Gasteiger partial charge is 0.145 e. The SMILES string of the molecule is Cc1cccc(N)c1OCc1ccc(Br)cc1F. The first-order valence-electron chi connectivity index (χ1n) is 5.50. The molecular formula is C14H13BrFNO. The normalized spacial score (nSPS) is 10.4. The zero-order valence-electron chi connectivity index (χ0n) is 9.91. The molecule has 0 atom stereocenters. The van der Waals surface area contributed by atoms with E-state index in [9.17, 15) is 4.39 Å². The Hall–Kier alpha value is -1.55. The molecule has 0 aliphatic carbocycles. The minimum Gasteiger partial charge on any atom is -0.486 e. The fourth-order valence-corrected chi connectivity index (χ4v) is 1.99. The number of benzene rings is 2. The van der Waals surface area contributed by atoms with Gasteiger partial charge in [-0.1, -0.05) is 34.1 Å². The highest BCUT2D eigenvalue weighted by Gasteiger charge is 2.07. The van der Waals surface area contributed by atoms with Gasteiger partial charge in [0, 0.05) is 10.0 Å². The van der Waals surface area contributed by atoms with Crippen LogP contribution < -0.4 is 10.5 Å². The van der Waals surface area contributed by atoms with E-state index >= 15 is 0 Å². The number of nitrogen functional groups attached to an aromatic ring is 1. The Labute approximate surface area is 114 Å². The minimum absolute atomic E-state index is 0.161. The standard InChI is InChI=1S/C14H13BrFNO/c1-9-3-2-4-13(17)14(9)18-8-10-5-6-11(15)7-12(10)16/h2-7H,8,17H2,1H3. The molecule has 94 valence electrons. The predicted molar refractivity (Wildman–Crippen MR) is 74.0 cm³/mol. The van der Waals surface area contributed by atoms with Crippen LogP contribution in [-0.4, -0.2) is 0 Å². The summed E-state index contributed by atoms with van der Waals surface area (Å²) in [7, 11) is 0. The summed E-state index contributed by atoms with van der Waals surface area (Å²) in [6, 6.07) is 10.4. The monoisotopic (exact) mass is 309 g/mol. The number of rotatable bonds is 3. The van der Waals surface area contributed by atoms with Crippen molar-refractivity contribution in [3.8, 4) is 5.75 Å². The van der Waals surface area contributed by atoms with Crippen molar-refractivity contribution in [2.75, 3.05) is 5.73 Å². The lowest BCUT2D eigenvalue weighted by atomic mass is 10.2. The molecule has 0 aliphatic heterocycles. The van der Waals surface area contributed by atoms with Crippen LogP contribution in [0, 0.1) is 12.7 Å². The highest BCUT2D eigenvalue weighted by atomic mass is 79.9. The second kappa shape index (κ2) is 5.40. The molecule has 0 amide bonds. The average molecular weight is 310 g/mol. The van der Waals surface area contributed by atoms with E-state index < -0.39 is 0 Å². The van der Waals surface area contributed by atoms with E-state index in [4.69, 9.17) is 10.5 Å². The second-order valence-corrected chi connectivity index (χ2v) is 4.93. The van der Waals surface area contributed by atoms with Gasteiger partial charge in [-0.2, -0.15) is 0 Å². The van der Waals surface area contributed by atoms with Gasteiger partial charge in [-0.3, -0.25) is 0 Å². The third kappa shape index (κ3) is 2.82. The first-order chi connectivity index (χ1) is 8.58. The lowest BCUT2D eigenvalue weighted by Gasteiger charge is -2.12. The molecule has 0 aliphatic rings. The number of ether oxygens (including phenoxy) is 1. The molecule has 0 unspecified atom stereocenters. The summed E-state index contributed by atoms with van der Waals surface area (Å²) in [4.78, 5) is 0. The van der Waals surface area contributed by atoms with Crippen LogP contribution in [0.1, 0.15) is 11.1 Å². The molecule has 2 aromatic rings. The van der Waals surface area contributed by atoms with Crippen molar-refractivity contribution in [1.82, 2.24) is 0 Å². The van der Waals surface area contributed by atoms with Crippen LogP contribution in [0.3, 0.4) is 0 Å². The van der Waals surface area contributed by atoms with Gasteiger partial charge in [0.15, 0.2) is 0 Å². The summed E-state index contributed by atoms with van der Waals surface area (Å²) in [5.74, 6) is 0.316. The highest BCUT2D eigenvalue weighted by molar-refractivity contribution is 9.10. The molecule has 2 aromatic carbocycles. The molecule has 0 heterocycles. The van der Waals surface area contributed by atoms with Crippen molar-refractivity contribution in [3.05, 3.63) is 57.8 Å². The maximum atomic E-state index is 13.6. The number of hydrogen-bond acceptors (Lipinski definition) is 2. The molecule has 0 saturated carbocycles. The Morgan fingerprint density at radius 1 is 1.28 bits per heavy atom. The van der Waals surface area contributed by atoms with E-state index in [2.05, 4.69) is 15.9 Å². The Morgan fingerprint density at radius 2 is 2.06 bits per heavy atom. The molecular weight excluding hydrogens is 297 g/mol. The predicted octanol–water partition coefficient (Wildman–Crippen LogP) is 4.06. The lowest BCUT2D eigenvalue weighted by Crippen LogP contribution is -2.02. The van der Waals surface area contributed by atoms with E-state index in [1.54, 1.807) is 18.2 Å². The minimum atomic E-state index is -0.295. The van der Waals surface area contributed by atoms with Crippen LogP contribution in [0.25, 0.3) is 0 Å². The van der Waals surface area contributed by atoms with E-state index in [0.717, 1.165) is 5.56 Å². The van der Waals surface area contributed by atoms with Gasteiger partial charge in [-0.15, -0.1) is 0 Å². The zero-order valence-corrected chi connectivity index (χ0v) is 11.5. The van der Waals surface area contributed by atoms with Crippen molar-refractivity contribution in [2.45, 2.75) is 13.5 Å². The van der Waals surface area contributed by atoms with Crippen molar-refractivity contribution in [1.29, 1.82) is 0 Å². The Morgan fingerprint density at radius 3 is 2.72 bits per heavy atom. The van der Waals surface area contributed by atoms with E-state index in [1.807, 2.05) is 19.1 Å². The van der Waals surface area contributed by atoms with Gasteiger partial charge in [0.05, 0.1) is 5.69 Å². The number of hydrogen-bond donors (Lipinski definition) is 1. The van der Waals surface area contributed by atoms with E-state index in [1.165, 1.54) is 6.07 Å². The topological polar surface area (TPSA) is 35.2 Å². The molecule has 0 saturated heterocycles. The zero-order chi connectivity index (χ0) is 13.1.